The molecule has 4 N–H and O–H groups in total. The van der Waals surface area contributed by atoms with Crippen LogP contribution in [0.4, 0.5) is 0 Å². The maximum absolute atomic E-state index is 13.0. The van der Waals surface area contributed by atoms with Crippen LogP contribution in [0, 0.1) is 47.3 Å². The number of nitrogens with one attached hydrogen (secondary N) is 3. The number of rotatable bonds is 3. The predicted molar refractivity (Wildman–Crippen MR) is 108 cm³/mol. The number of ketones is 1. The molecule has 5 fully saturated rings. The van der Waals surface area contributed by atoms with E-state index in [0.717, 1.165) is 25.9 Å². The van der Waals surface area contributed by atoms with Crippen LogP contribution in [0.5, 0.6) is 0 Å². The second kappa shape index (κ2) is 6.89. The lowest BCUT2D eigenvalue weighted by atomic mass is 9.50. The van der Waals surface area contributed by atoms with Gasteiger partial charge in [-0.1, -0.05) is 6.08 Å². The summed E-state index contributed by atoms with van der Waals surface area (Å²) in [4.78, 5) is 25.2. The van der Waals surface area contributed by atoms with Crippen LogP contribution in [0.1, 0.15) is 32.1 Å². The van der Waals surface area contributed by atoms with Crippen LogP contribution in [-0.2, 0) is 9.59 Å². The molecule has 0 aromatic rings. The average molecular weight is 400 g/mol. The Morgan fingerprint density at radius 2 is 1.97 bits per heavy atom. The molecular weight excluding hydrogens is 366 g/mol. The molecule has 158 valence electrons. The van der Waals surface area contributed by atoms with Crippen molar-refractivity contribution in [3.05, 3.63) is 12.2 Å². The fourth-order valence-corrected chi connectivity index (χ4v) is 8.63. The molecule has 0 spiro atoms. The van der Waals surface area contributed by atoms with E-state index in [1.807, 2.05) is 0 Å². The molecule has 29 heavy (non-hydrogen) atoms. The lowest BCUT2D eigenvalue weighted by Crippen LogP contribution is -2.61. The van der Waals surface area contributed by atoms with E-state index >= 15 is 0 Å². The molecule has 3 aliphatic heterocycles. The number of allylic oxidation sites excluding steroid dienone is 1. The van der Waals surface area contributed by atoms with Crippen molar-refractivity contribution in [2.45, 2.75) is 50.2 Å². The van der Waals surface area contributed by atoms with E-state index in [-0.39, 0.29) is 42.1 Å². The summed E-state index contributed by atoms with van der Waals surface area (Å²) in [6, 6.07) is 1.07. The van der Waals surface area contributed by atoms with E-state index in [2.05, 4.69) is 22.0 Å². The van der Waals surface area contributed by atoms with Crippen molar-refractivity contribution in [2.24, 2.45) is 47.3 Å². The zero-order valence-electron chi connectivity index (χ0n) is 16.9. The van der Waals surface area contributed by atoms with Crippen LogP contribution in [-0.4, -0.2) is 54.6 Å². The third-order valence-electron chi connectivity index (χ3n) is 9.47. The normalized spacial score (nSPS) is 52.4. The Bertz CT molecular complexity index is 739. The molecule has 1 amide bonds. The molecular formula is C23H33N3O3. The van der Waals surface area contributed by atoms with Gasteiger partial charge in [0.25, 0.3) is 0 Å². The van der Waals surface area contributed by atoms with E-state index in [1.165, 1.54) is 12.8 Å². The number of fused-ring (bicyclic) bond motifs is 10. The zero-order chi connectivity index (χ0) is 19.7. The van der Waals surface area contributed by atoms with Crippen molar-refractivity contribution >= 4 is 11.7 Å². The maximum Gasteiger partial charge on any atom is 0.223 e. The summed E-state index contributed by atoms with van der Waals surface area (Å²) in [5, 5.41) is 20.4. The number of aliphatic hydroxyl groups is 1. The smallest absolute Gasteiger partial charge is 0.223 e. The summed E-state index contributed by atoms with van der Waals surface area (Å²) in [6.07, 6.45) is 8.82. The Morgan fingerprint density at radius 3 is 2.83 bits per heavy atom. The van der Waals surface area contributed by atoms with E-state index in [0.29, 0.717) is 48.1 Å². The monoisotopic (exact) mass is 399 g/mol. The van der Waals surface area contributed by atoms with Crippen LogP contribution in [0.3, 0.4) is 0 Å². The van der Waals surface area contributed by atoms with Gasteiger partial charge in [-0.2, -0.15) is 0 Å². The molecule has 6 rings (SSSR count). The Morgan fingerprint density at radius 1 is 1.07 bits per heavy atom. The number of hydrogen-bond donors (Lipinski definition) is 4. The Balaban J connectivity index is 1.38. The van der Waals surface area contributed by atoms with Gasteiger partial charge in [-0.25, -0.2) is 0 Å². The first kappa shape index (κ1) is 18.5. The summed E-state index contributed by atoms with van der Waals surface area (Å²) in [7, 11) is 0. The van der Waals surface area contributed by atoms with E-state index < -0.39 is 0 Å². The summed E-state index contributed by atoms with van der Waals surface area (Å²) in [6.45, 7) is 2.16. The zero-order valence-corrected chi connectivity index (χ0v) is 16.9. The fourth-order valence-electron chi connectivity index (χ4n) is 8.63. The summed E-state index contributed by atoms with van der Waals surface area (Å²) in [5.41, 5.74) is 0. The SMILES string of the molecule is O=C1C=CC2NC3C4CC(CCCO)C5CCNC5C4C4CNC(=O)C4C3C2C1. The van der Waals surface area contributed by atoms with Gasteiger partial charge >= 0.3 is 0 Å². The topological polar surface area (TPSA) is 90.5 Å². The largest absolute Gasteiger partial charge is 0.396 e. The highest BCUT2D eigenvalue weighted by Gasteiger charge is 2.65. The molecule has 0 aromatic heterocycles. The molecule has 6 aliphatic rings. The van der Waals surface area contributed by atoms with Crippen LogP contribution in [0.2, 0.25) is 0 Å². The molecule has 11 unspecified atom stereocenters. The Labute approximate surface area is 172 Å². The van der Waals surface area contributed by atoms with Crippen molar-refractivity contribution in [1.29, 1.82) is 0 Å². The van der Waals surface area contributed by atoms with Crippen LogP contribution < -0.4 is 16.0 Å². The minimum atomic E-state index is 0.0556. The molecule has 0 bridgehead atoms. The summed E-state index contributed by atoms with van der Waals surface area (Å²) in [5.74, 6) is 3.86. The van der Waals surface area contributed by atoms with Gasteiger partial charge < -0.3 is 21.1 Å². The quantitative estimate of drug-likeness (QED) is 0.554. The van der Waals surface area contributed by atoms with Gasteiger partial charge in [-0.15, -0.1) is 0 Å². The highest BCUT2D eigenvalue weighted by Crippen LogP contribution is 2.59. The van der Waals surface area contributed by atoms with Crippen molar-refractivity contribution in [3.63, 3.8) is 0 Å². The van der Waals surface area contributed by atoms with E-state index in [1.54, 1.807) is 6.08 Å². The number of carbonyl (C=O) groups excluding carboxylic acids is 2. The molecule has 11 atom stereocenters. The second-order valence-electron chi connectivity index (χ2n) is 10.5. The number of carbonyl (C=O) groups is 2. The number of hydrogen-bond acceptors (Lipinski definition) is 5. The summed E-state index contributed by atoms with van der Waals surface area (Å²) >= 11 is 0. The molecule has 0 aromatic carbocycles. The lowest BCUT2D eigenvalue weighted by molar-refractivity contribution is -0.131. The number of aliphatic hydroxyl groups excluding tert-OH is 1. The molecule has 0 radical (unpaired) electrons. The third kappa shape index (κ3) is 2.64. The van der Waals surface area contributed by atoms with Gasteiger partial charge in [0.05, 0.1) is 0 Å². The summed E-state index contributed by atoms with van der Waals surface area (Å²) < 4.78 is 0. The predicted octanol–water partition coefficient (Wildman–Crippen LogP) is 0.467. The van der Waals surface area contributed by atoms with Crippen LogP contribution >= 0.6 is 0 Å². The fraction of sp³-hybridized carbons (Fsp3) is 0.826. The first-order valence-corrected chi connectivity index (χ1v) is 11.8. The van der Waals surface area contributed by atoms with Crippen molar-refractivity contribution in [3.8, 4) is 0 Å². The first-order chi connectivity index (χ1) is 14.2. The molecule has 3 saturated heterocycles. The van der Waals surface area contributed by atoms with Gasteiger partial charge in [0.15, 0.2) is 5.78 Å². The molecule has 6 nitrogen and oxygen atoms in total. The molecule has 3 aliphatic carbocycles. The highest BCUT2D eigenvalue weighted by molar-refractivity contribution is 5.91. The van der Waals surface area contributed by atoms with Crippen LogP contribution in [0.15, 0.2) is 12.2 Å². The first-order valence-electron chi connectivity index (χ1n) is 11.8. The van der Waals surface area contributed by atoms with Gasteiger partial charge in [-0.3, -0.25) is 9.59 Å². The van der Waals surface area contributed by atoms with Gasteiger partial charge in [-0.05, 0) is 79.7 Å². The van der Waals surface area contributed by atoms with Gasteiger partial charge in [0.2, 0.25) is 5.91 Å². The lowest BCUT2D eigenvalue weighted by Gasteiger charge is -2.55. The molecule has 3 heterocycles. The Kier molecular flexibility index (Phi) is 4.40. The van der Waals surface area contributed by atoms with Crippen LogP contribution in [0.25, 0.3) is 0 Å². The number of amides is 1. The Hall–Kier alpha value is -1.24. The van der Waals surface area contributed by atoms with E-state index in [9.17, 15) is 14.7 Å². The van der Waals surface area contributed by atoms with Gasteiger partial charge in [0.1, 0.15) is 0 Å². The van der Waals surface area contributed by atoms with Crippen molar-refractivity contribution < 1.29 is 14.7 Å². The van der Waals surface area contributed by atoms with Crippen molar-refractivity contribution in [1.82, 2.24) is 16.0 Å². The minimum absolute atomic E-state index is 0.0556. The highest BCUT2D eigenvalue weighted by atomic mass is 16.3. The second-order valence-corrected chi connectivity index (χ2v) is 10.5. The van der Waals surface area contributed by atoms with Crippen molar-refractivity contribution in [2.75, 3.05) is 19.7 Å². The van der Waals surface area contributed by atoms with E-state index in [4.69, 9.17) is 0 Å². The average Bonchev–Trinajstić information content (AvgIpc) is 3.43. The maximum atomic E-state index is 13.0. The van der Waals surface area contributed by atoms with Gasteiger partial charge in [0, 0.05) is 43.6 Å². The standard InChI is InChI=1S/C23H33N3O3/c27-7-1-2-11-8-15-18(21-13(11)5-6-24-21)16-10-25-23(29)20(16)19-14-9-12(28)3-4-17(14)26-22(15)19/h3-4,11,13-22,24,26-27H,1-2,5-10H2,(H,25,29). The molecule has 6 heteroatoms. The third-order valence-corrected chi connectivity index (χ3v) is 9.47. The minimum Gasteiger partial charge on any atom is -0.396 e. The molecule has 2 saturated carbocycles.